The summed E-state index contributed by atoms with van der Waals surface area (Å²) in [5, 5.41) is 12.2. The average molecular weight is 265 g/mol. The summed E-state index contributed by atoms with van der Waals surface area (Å²) < 4.78 is 10.9. The Morgan fingerprint density at radius 3 is 2.63 bits per heavy atom. The highest BCUT2D eigenvalue weighted by atomic mass is 16.6. The minimum atomic E-state index is -0.826. The second kappa shape index (κ2) is 5.93. The Hall–Kier alpha value is -1.75. The number of hydrogen-bond donors (Lipinski definition) is 2. The zero-order chi connectivity index (χ0) is 13.8. The van der Waals surface area contributed by atoms with Crippen molar-refractivity contribution >= 4 is 5.97 Å². The number of nitrogens with one attached hydrogen (secondary N) is 1. The van der Waals surface area contributed by atoms with Crippen molar-refractivity contribution < 1.29 is 19.4 Å². The maximum Gasteiger partial charge on any atom is 0.320 e. The van der Waals surface area contributed by atoms with E-state index in [9.17, 15) is 4.79 Å². The van der Waals surface area contributed by atoms with E-state index in [2.05, 4.69) is 5.32 Å². The van der Waals surface area contributed by atoms with Gasteiger partial charge in [0.25, 0.3) is 0 Å². The summed E-state index contributed by atoms with van der Waals surface area (Å²) in [7, 11) is 0. The molecule has 19 heavy (non-hydrogen) atoms. The standard InChI is InChI=1S/C14H19NO4/c1-9(2)13(14(16)17)15-8-10-3-4-11-12(7-10)19-6-5-18-11/h3-4,7,9,13,15H,5-6,8H2,1-2H3,(H,16,17). The first-order chi connectivity index (χ1) is 9.08. The third-order valence-corrected chi connectivity index (χ3v) is 3.07. The van der Waals surface area contributed by atoms with Gasteiger partial charge in [0.1, 0.15) is 19.3 Å². The monoisotopic (exact) mass is 265 g/mol. The molecular weight excluding hydrogens is 246 g/mol. The maximum absolute atomic E-state index is 11.1. The molecule has 1 unspecified atom stereocenters. The van der Waals surface area contributed by atoms with Crippen LogP contribution < -0.4 is 14.8 Å². The van der Waals surface area contributed by atoms with E-state index < -0.39 is 12.0 Å². The molecule has 1 atom stereocenters. The first kappa shape index (κ1) is 13.7. The van der Waals surface area contributed by atoms with Crippen LogP contribution in [0.4, 0.5) is 0 Å². The molecule has 1 aromatic carbocycles. The highest BCUT2D eigenvalue weighted by molar-refractivity contribution is 5.73. The predicted octanol–water partition coefficient (Wildman–Crippen LogP) is 1.66. The van der Waals surface area contributed by atoms with Crippen LogP contribution >= 0.6 is 0 Å². The van der Waals surface area contributed by atoms with Gasteiger partial charge < -0.3 is 19.9 Å². The minimum Gasteiger partial charge on any atom is -0.486 e. The van der Waals surface area contributed by atoms with Crippen LogP contribution in [0.2, 0.25) is 0 Å². The van der Waals surface area contributed by atoms with Crippen LogP contribution in [-0.4, -0.2) is 30.3 Å². The molecule has 2 rings (SSSR count). The second-order valence-corrected chi connectivity index (χ2v) is 4.92. The fourth-order valence-electron chi connectivity index (χ4n) is 2.03. The van der Waals surface area contributed by atoms with Gasteiger partial charge in [0.15, 0.2) is 11.5 Å². The van der Waals surface area contributed by atoms with Gasteiger partial charge in [-0.2, -0.15) is 0 Å². The number of carboxylic acids is 1. The molecule has 5 nitrogen and oxygen atoms in total. The number of hydrogen-bond acceptors (Lipinski definition) is 4. The summed E-state index contributed by atoms with van der Waals surface area (Å²) in [5.74, 6) is 0.679. The van der Waals surface area contributed by atoms with Crippen molar-refractivity contribution in [1.29, 1.82) is 0 Å². The van der Waals surface area contributed by atoms with Crippen molar-refractivity contribution in [3.8, 4) is 11.5 Å². The molecule has 0 fully saturated rings. The van der Waals surface area contributed by atoms with Gasteiger partial charge in [-0.15, -0.1) is 0 Å². The van der Waals surface area contributed by atoms with E-state index in [1.54, 1.807) is 0 Å². The summed E-state index contributed by atoms with van der Waals surface area (Å²) >= 11 is 0. The van der Waals surface area contributed by atoms with E-state index in [1.165, 1.54) is 0 Å². The minimum absolute atomic E-state index is 0.0368. The summed E-state index contributed by atoms with van der Waals surface area (Å²) in [5.41, 5.74) is 0.983. The Bertz CT molecular complexity index is 459. The summed E-state index contributed by atoms with van der Waals surface area (Å²) in [6, 6.07) is 5.12. The zero-order valence-corrected chi connectivity index (χ0v) is 11.2. The molecule has 5 heteroatoms. The van der Waals surface area contributed by atoms with Crippen molar-refractivity contribution in [2.75, 3.05) is 13.2 Å². The number of carboxylic acid groups (broad SMARTS) is 1. The number of ether oxygens (including phenoxy) is 2. The Morgan fingerprint density at radius 2 is 2.00 bits per heavy atom. The van der Waals surface area contributed by atoms with E-state index >= 15 is 0 Å². The van der Waals surface area contributed by atoms with Crippen molar-refractivity contribution in [1.82, 2.24) is 5.32 Å². The SMILES string of the molecule is CC(C)C(NCc1ccc2c(c1)OCCO2)C(=O)O. The van der Waals surface area contributed by atoms with Crippen LogP contribution in [0.15, 0.2) is 18.2 Å². The van der Waals surface area contributed by atoms with Crippen LogP contribution in [0, 0.1) is 5.92 Å². The first-order valence-electron chi connectivity index (χ1n) is 6.42. The predicted molar refractivity (Wildman–Crippen MR) is 70.5 cm³/mol. The zero-order valence-electron chi connectivity index (χ0n) is 11.2. The van der Waals surface area contributed by atoms with Crippen LogP contribution in [0.25, 0.3) is 0 Å². The fraction of sp³-hybridized carbons (Fsp3) is 0.500. The summed E-state index contributed by atoms with van der Waals surface area (Å²) in [6.45, 7) is 5.38. The highest BCUT2D eigenvalue weighted by Gasteiger charge is 2.20. The van der Waals surface area contributed by atoms with E-state index in [0.29, 0.717) is 19.8 Å². The molecule has 0 amide bonds. The second-order valence-electron chi connectivity index (χ2n) is 4.92. The third kappa shape index (κ3) is 3.38. The third-order valence-electron chi connectivity index (χ3n) is 3.07. The van der Waals surface area contributed by atoms with E-state index in [1.807, 2.05) is 32.0 Å². The number of fused-ring (bicyclic) bond motifs is 1. The van der Waals surface area contributed by atoms with Gasteiger partial charge >= 0.3 is 5.97 Å². The fourth-order valence-corrected chi connectivity index (χ4v) is 2.03. The van der Waals surface area contributed by atoms with Gasteiger partial charge in [0.2, 0.25) is 0 Å². The molecule has 1 aliphatic rings. The number of carbonyl (C=O) groups is 1. The topological polar surface area (TPSA) is 67.8 Å². The van der Waals surface area contributed by atoms with Gasteiger partial charge in [0.05, 0.1) is 0 Å². The van der Waals surface area contributed by atoms with Crippen LogP contribution in [0.3, 0.4) is 0 Å². The van der Waals surface area contributed by atoms with Gasteiger partial charge in [0, 0.05) is 6.54 Å². The molecular formula is C14H19NO4. The number of rotatable bonds is 5. The van der Waals surface area contributed by atoms with Crippen LogP contribution in [-0.2, 0) is 11.3 Å². The summed E-state index contributed by atoms with van der Waals surface area (Å²) in [4.78, 5) is 11.1. The molecule has 0 aromatic heterocycles. The van der Waals surface area contributed by atoms with Crippen molar-refractivity contribution in [2.24, 2.45) is 5.92 Å². The molecule has 0 spiro atoms. The van der Waals surface area contributed by atoms with E-state index in [-0.39, 0.29) is 5.92 Å². The van der Waals surface area contributed by atoms with Crippen molar-refractivity contribution in [3.63, 3.8) is 0 Å². The molecule has 1 aromatic rings. The molecule has 0 aliphatic carbocycles. The molecule has 0 radical (unpaired) electrons. The smallest absolute Gasteiger partial charge is 0.320 e. The van der Waals surface area contributed by atoms with Gasteiger partial charge in [-0.05, 0) is 23.6 Å². The number of aliphatic carboxylic acids is 1. The number of benzene rings is 1. The maximum atomic E-state index is 11.1. The molecule has 2 N–H and O–H groups in total. The van der Waals surface area contributed by atoms with E-state index in [4.69, 9.17) is 14.6 Å². The van der Waals surface area contributed by atoms with Crippen LogP contribution in [0.5, 0.6) is 11.5 Å². The lowest BCUT2D eigenvalue weighted by Gasteiger charge is -2.20. The quantitative estimate of drug-likeness (QED) is 0.847. The summed E-state index contributed by atoms with van der Waals surface area (Å²) in [6.07, 6.45) is 0. The molecule has 0 saturated carbocycles. The first-order valence-corrected chi connectivity index (χ1v) is 6.42. The van der Waals surface area contributed by atoms with Gasteiger partial charge in [-0.3, -0.25) is 4.79 Å². The normalized spacial score (nSPS) is 15.3. The average Bonchev–Trinajstić information content (AvgIpc) is 2.38. The van der Waals surface area contributed by atoms with Crippen LogP contribution in [0.1, 0.15) is 19.4 Å². The largest absolute Gasteiger partial charge is 0.486 e. The van der Waals surface area contributed by atoms with E-state index in [0.717, 1.165) is 17.1 Å². The molecule has 104 valence electrons. The lowest BCUT2D eigenvalue weighted by molar-refractivity contribution is -0.140. The molecule has 0 bridgehead atoms. The van der Waals surface area contributed by atoms with Crippen molar-refractivity contribution in [2.45, 2.75) is 26.4 Å². The van der Waals surface area contributed by atoms with Crippen molar-refractivity contribution in [3.05, 3.63) is 23.8 Å². The Morgan fingerprint density at radius 1 is 1.32 bits per heavy atom. The molecule has 0 saturated heterocycles. The lowest BCUT2D eigenvalue weighted by Crippen LogP contribution is -2.40. The molecule has 1 heterocycles. The lowest BCUT2D eigenvalue weighted by atomic mass is 10.0. The Kier molecular flexibility index (Phi) is 4.27. The Balaban J connectivity index is 2.01. The molecule has 1 aliphatic heterocycles. The van der Waals surface area contributed by atoms with Gasteiger partial charge in [-0.1, -0.05) is 19.9 Å². The highest BCUT2D eigenvalue weighted by Crippen LogP contribution is 2.30. The Labute approximate surface area is 112 Å². The van der Waals surface area contributed by atoms with Gasteiger partial charge in [-0.25, -0.2) is 0 Å².